The summed E-state index contributed by atoms with van der Waals surface area (Å²) in [5.74, 6) is -0.108. The Balaban J connectivity index is 2.60. The van der Waals surface area contributed by atoms with Gasteiger partial charge in [0.25, 0.3) is 0 Å². The molecule has 2 aromatic rings. The SMILES string of the molecule is C=CCn1c(=NC(=O)CCCC)sc2ccc(Cl)c(Cl)c21. The van der Waals surface area contributed by atoms with Crippen LogP contribution in [0.5, 0.6) is 0 Å². The first kappa shape index (κ1) is 16.3. The van der Waals surface area contributed by atoms with Crippen molar-refractivity contribution in [1.82, 2.24) is 4.57 Å². The van der Waals surface area contributed by atoms with Gasteiger partial charge in [-0.25, -0.2) is 0 Å². The van der Waals surface area contributed by atoms with Crippen molar-refractivity contribution in [3.8, 4) is 0 Å². The number of hydrogen-bond donors (Lipinski definition) is 0. The average molecular weight is 343 g/mol. The molecule has 0 saturated heterocycles. The summed E-state index contributed by atoms with van der Waals surface area (Å²) in [5, 5.41) is 0.971. The number of halogens is 2. The molecule has 0 N–H and O–H groups in total. The van der Waals surface area contributed by atoms with E-state index >= 15 is 0 Å². The van der Waals surface area contributed by atoms with Gasteiger partial charge in [-0.15, -0.1) is 6.58 Å². The molecule has 1 heterocycles. The maximum Gasteiger partial charge on any atom is 0.248 e. The van der Waals surface area contributed by atoms with Crippen LogP contribution >= 0.6 is 34.5 Å². The van der Waals surface area contributed by atoms with Gasteiger partial charge in [0, 0.05) is 13.0 Å². The number of unbranched alkanes of at least 4 members (excludes halogenated alkanes) is 1. The number of allylic oxidation sites excluding steroid dienone is 1. The van der Waals surface area contributed by atoms with Crippen molar-refractivity contribution in [2.45, 2.75) is 32.7 Å². The minimum absolute atomic E-state index is 0.108. The third-order valence-corrected chi connectivity index (χ3v) is 4.85. The van der Waals surface area contributed by atoms with E-state index in [0.29, 0.717) is 27.8 Å². The van der Waals surface area contributed by atoms with Crippen molar-refractivity contribution >= 4 is 50.7 Å². The molecule has 0 radical (unpaired) electrons. The summed E-state index contributed by atoms with van der Waals surface area (Å²) in [4.78, 5) is 16.7. The van der Waals surface area contributed by atoms with Gasteiger partial charge >= 0.3 is 0 Å². The van der Waals surface area contributed by atoms with Crippen molar-refractivity contribution in [3.63, 3.8) is 0 Å². The fraction of sp³-hybridized carbons (Fsp3) is 0.333. The number of benzene rings is 1. The van der Waals surface area contributed by atoms with E-state index in [9.17, 15) is 4.79 Å². The van der Waals surface area contributed by atoms with Gasteiger partial charge in [-0.3, -0.25) is 4.79 Å². The largest absolute Gasteiger partial charge is 0.311 e. The zero-order chi connectivity index (χ0) is 15.4. The Labute approximate surface area is 137 Å². The highest BCUT2D eigenvalue weighted by atomic mass is 35.5. The van der Waals surface area contributed by atoms with Gasteiger partial charge in [0.2, 0.25) is 5.91 Å². The molecular formula is C15H16Cl2N2OS. The third-order valence-electron chi connectivity index (χ3n) is 3.01. The quantitative estimate of drug-likeness (QED) is 0.717. The molecule has 1 amide bonds. The molecule has 0 bridgehead atoms. The van der Waals surface area contributed by atoms with Crippen LogP contribution in [-0.2, 0) is 11.3 Å². The predicted octanol–water partition coefficient (Wildman–Crippen LogP) is 4.81. The lowest BCUT2D eigenvalue weighted by Crippen LogP contribution is -2.16. The monoisotopic (exact) mass is 342 g/mol. The fourth-order valence-electron chi connectivity index (χ4n) is 1.98. The molecule has 0 saturated carbocycles. The number of carbonyl (C=O) groups excluding carboxylic acids is 1. The van der Waals surface area contributed by atoms with Crippen molar-refractivity contribution in [1.29, 1.82) is 0 Å². The first-order valence-electron chi connectivity index (χ1n) is 6.74. The molecule has 1 aromatic heterocycles. The maximum atomic E-state index is 11.9. The molecule has 0 fully saturated rings. The van der Waals surface area contributed by atoms with E-state index in [0.717, 1.165) is 23.1 Å². The Bertz CT molecular complexity index is 746. The summed E-state index contributed by atoms with van der Waals surface area (Å²) in [5.41, 5.74) is 0.802. The molecule has 0 aliphatic heterocycles. The molecule has 0 unspecified atom stereocenters. The number of rotatable bonds is 5. The first-order valence-corrected chi connectivity index (χ1v) is 8.31. The van der Waals surface area contributed by atoms with Gasteiger partial charge in [0.1, 0.15) is 0 Å². The zero-order valence-corrected chi connectivity index (χ0v) is 14.1. The number of fused-ring (bicyclic) bond motifs is 1. The lowest BCUT2D eigenvalue weighted by atomic mass is 10.2. The Morgan fingerprint density at radius 1 is 1.48 bits per heavy atom. The lowest BCUT2D eigenvalue weighted by molar-refractivity contribution is -0.118. The van der Waals surface area contributed by atoms with Crippen LogP contribution in [0.15, 0.2) is 29.8 Å². The van der Waals surface area contributed by atoms with Gasteiger partial charge < -0.3 is 4.57 Å². The van der Waals surface area contributed by atoms with Crippen LogP contribution in [0, 0.1) is 0 Å². The molecule has 0 aliphatic carbocycles. The van der Waals surface area contributed by atoms with Crippen LogP contribution < -0.4 is 4.80 Å². The summed E-state index contributed by atoms with van der Waals surface area (Å²) in [7, 11) is 0. The van der Waals surface area contributed by atoms with Crippen molar-refractivity contribution in [3.05, 3.63) is 39.6 Å². The number of hydrogen-bond acceptors (Lipinski definition) is 2. The first-order chi connectivity index (χ1) is 10.1. The molecule has 21 heavy (non-hydrogen) atoms. The molecule has 1 aromatic carbocycles. The van der Waals surface area contributed by atoms with Crippen LogP contribution in [-0.4, -0.2) is 10.5 Å². The maximum absolute atomic E-state index is 11.9. The highest BCUT2D eigenvalue weighted by Crippen LogP contribution is 2.32. The molecule has 6 heteroatoms. The Morgan fingerprint density at radius 2 is 2.24 bits per heavy atom. The Morgan fingerprint density at radius 3 is 2.90 bits per heavy atom. The van der Waals surface area contributed by atoms with E-state index in [-0.39, 0.29) is 5.91 Å². The second-order valence-corrected chi connectivity index (χ2v) is 6.40. The van der Waals surface area contributed by atoms with Crippen LogP contribution in [0.2, 0.25) is 10.0 Å². The second-order valence-electron chi connectivity index (χ2n) is 4.60. The minimum Gasteiger partial charge on any atom is -0.311 e. The predicted molar refractivity (Wildman–Crippen MR) is 90.1 cm³/mol. The van der Waals surface area contributed by atoms with E-state index < -0.39 is 0 Å². The van der Waals surface area contributed by atoms with Crippen LogP contribution in [0.25, 0.3) is 10.2 Å². The zero-order valence-electron chi connectivity index (χ0n) is 11.7. The summed E-state index contributed by atoms with van der Waals surface area (Å²) < 4.78 is 2.83. The number of carbonyl (C=O) groups is 1. The van der Waals surface area contributed by atoms with Gasteiger partial charge in [0.05, 0.1) is 20.3 Å². The number of nitrogens with zero attached hydrogens (tertiary/aromatic N) is 2. The van der Waals surface area contributed by atoms with Crippen LogP contribution in [0.4, 0.5) is 0 Å². The van der Waals surface area contributed by atoms with E-state index in [1.165, 1.54) is 11.3 Å². The second kappa shape index (κ2) is 7.25. The highest BCUT2D eigenvalue weighted by Gasteiger charge is 2.12. The Kier molecular flexibility index (Phi) is 5.62. The molecule has 3 nitrogen and oxygen atoms in total. The van der Waals surface area contributed by atoms with Gasteiger partial charge in [-0.1, -0.05) is 54.0 Å². The topological polar surface area (TPSA) is 34.4 Å². The molecular weight excluding hydrogens is 327 g/mol. The third kappa shape index (κ3) is 3.57. The lowest BCUT2D eigenvalue weighted by Gasteiger charge is -2.04. The van der Waals surface area contributed by atoms with Gasteiger partial charge in [-0.05, 0) is 18.6 Å². The smallest absolute Gasteiger partial charge is 0.248 e. The van der Waals surface area contributed by atoms with E-state index in [1.54, 1.807) is 12.1 Å². The summed E-state index contributed by atoms with van der Waals surface area (Å²) in [6.07, 6.45) is 4.04. The number of thiazole rings is 1. The minimum atomic E-state index is -0.108. The summed E-state index contributed by atoms with van der Waals surface area (Å²) in [6, 6.07) is 3.65. The van der Waals surface area contributed by atoms with E-state index in [2.05, 4.69) is 11.6 Å². The fourth-order valence-corrected chi connectivity index (χ4v) is 3.52. The van der Waals surface area contributed by atoms with Gasteiger partial charge in [0.15, 0.2) is 4.80 Å². The van der Waals surface area contributed by atoms with E-state index in [4.69, 9.17) is 23.2 Å². The van der Waals surface area contributed by atoms with E-state index in [1.807, 2.05) is 17.6 Å². The molecule has 0 atom stereocenters. The Hall–Kier alpha value is -1.10. The summed E-state index contributed by atoms with van der Waals surface area (Å²) >= 11 is 13.8. The standard InChI is InChI=1S/C15H16Cl2N2OS/c1-3-5-6-12(20)18-15-19(9-4-2)14-11(21-15)8-7-10(16)13(14)17/h4,7-8H,2-3,5-6,9H2,1H3. The van der Waals surface area contributed by atoms with Crippen molar-refractivity contribution in [2.24, 2.45) is 4.99 Å². The normalized spacial score (nSPS) is 12.0. The highest BCUT2D eigenvalue weighted by molar-refractivity contribution is 7.16. The molecule has 0 aliphatic rings. The number of amides is 1. The van der Waals surface area contributed by atoms with Gasteiger partial charge in [-0.2, -0.15) is 4.99 Å². The van der Waals surface area contributed by atoms with Crippen LogP contribution in [0.3, 0.4) is 0 Å². The number of aromatic nitrogens is 1. The molecule has 0 spiro atoms. The van der Waals surface area contributed by atoms with Crippen LogP contribution in [0.1, 0.15) is 26.2 Å². The molecule has 2 rings (SSSR count). The van der Waals surface area contributed by atoms with Crippen molar-refractivity contribution in [2.75, 3.05) is 0 Å². The van der Waals surface area contributed by atoms with Crippen molar-refractivity contribution < 1.29 is 4.79 Å². The molecule has 112 valence electrons. The summed E-state index contributed by atoms with van der Waals surface area (Å²) in [6.45, 7) is 6.32. The average Bonchev–Trinajstić information content (AvgIpc) is 2.80.